The van der Waals surface area contributed by atoms with Crippen LogP contribution in [-0.2, 0) is 11.0 Å². The van der Waals surface area contributed by atoms with E-state index in [1.54, 1.807) is 16.7 Å². The molecule has 4 heterocycles. The summed E-state index contributed by atoms with van der Waals surface area (Å²) in [5.74, 6) is -2.41. The smallest absolute Gasteiger partial charge is 0.417 e. The van der Waals surface area contributed by atoms with Crippen LogP contribution in [0.4, 0.5) is 32.8 Å². The van der Waals surface area contributed by atoms with Crippen molar-refractivity contribution in [2.75, 3.05) is 43.9 Å². The van der Waals surface area contributed by atoms with Crippen molar-refractivity contribution in [3.05, 3.63) is 53.6 Å². The number of likely N-dealkylation sites (N-methyl/N-ethyl adjacent to an activating group) is 2. The van der Waals surface area contributed by atoms with Crippen LogP contribution in [0.1, 0.15) is 44.2 Å². The van der Waals surface area contributed by atoms with Crippen molar-refractivity contribution in [2.24, 2.45) is 0 Å². The number of alkyl halides is 3. The molecule has 15 heteroatoms. The number of nitriles is 1. The normalized spacial score (nSPS) is 19.9. The molecular formula is C34H34F5N7O2S. The highest BCUT2D eigenvalue weighted by Gasteiger charge is 2.41. The van der Waals surface area contributed by atoms with Gasteiger partial charge in [-0.15, -0.1) is 11.3 Å². The van der Waals surface area contributed by atoms with Gasteiger partial charge >= 0.3 is 12.2 Å². The van der Waals surface area contributed by atoms with E-state index in [-0.39, 0.29) is 80.6 Å². The first kappa shape index (κ1) is 34.3. The number of nitrogens with zero attached hydrogens (tertiary/aromatic N) is 6. The van der Waals surface area contributed by atoms with Crippen molar-refractivity contribution in [3.63, 3.8) is 0 Å². The number of halogens is 5. The third-order valence-corrected chi connectivity index (χ3v) is 10.7. The number of nitrogens with two attached hydrogens (primary N) is 1. The summed E-state index contributed by atoms with van der Waals surface area (Å²) in [4.78, 5) is 27.0. The third-order valence-electron chi connectivity index (χ3n) is 9.66. The molecule has 2 saturated heterocycles. The standard InChI is InChI=1S/C34H34F5N7O2S/c1-5-25(47)46-13-11-24(17(46)3)45(6-2)32-20-14-22(34(37,38)39)27(19-9-10-23(35)30-26(19)21(15-40)31(41)49-30)28(36)29(20)42-33(43-32)48-16-18-8-7-12-44(18)4/h5,9-10,14,17-18,24H,1,6-8,11-13,16,41H2,2-4H3. The van der Waals surface area contributed by atoms with Gasteiger partial charge in [-0.3, -0.25) is 4.79 Å². The van der Waals surface area contributed by atoms with Gasteiger partial charge in [0.05, 0.1) is 21.9 Å². The van der Waals surface area contributed by atoms with Gasteiger partial charge in [-0.05, 0) is 70.5 Å². The van der Waals surface area contributed by atoms with Gasteiger partial charge in [-0.1, -0.05) is 12.6 Å². The SMILES string of the molecule is C=CC(=O)N1CCC(N(CC)c2nc(OCC3CCCN3C)nc3c(F)c(-c4ccc(F)c5sc(N)c(C#N)c45)c(C(F)(F)F)cc23)C1C. The lowest BCUT2D eigenvalue weighted by Crippen LogP contribution is -2.45. The third kappa shape index (κ3) is 5.90. The molecule has 2 aromatic heterocycles. The molecule has 0 aliphatic carbocycles. The highest BCUT2D eigenvalue weighted by molar-refractivity contribution is 7.23. The van der Waals surface area contributed by atoms with E-state index in [9.17, 15) is 14.4 Å². The van der Waals surface area contributed by atoms with E-state index in [0.29, 0.717) is 24.3 Å². The number of amides is 1. The van der Waals surface area contributed by atoms with E-state index in [1.165, 1.54) is 6.08 Å². The average molecular weight is 700 g/mol. The van der Waals surface area contributed by atoms with E-state index >= 15 is 17.6 Å². The maximum absolute atomic E-state index is 17.1. The number of thiophene rings is 1. The first-order chi connectivity index (χ1) is 23.3. The minimum Gasteiger partial charge on any atom is -0.462 e. The number of anilines is 2. The van der Waals surface area contributed by atoms with Crippen molar-refractivity contribution in [2.45, 2.75) is 57.4 Å². The van der Waals surface area contributed by atoms with Crippen molar-refractivity contribution in [1.29, 1.82) is 5.26 Å². The molecule has 0 bridgehead atoms. The molecule has 2 aromatic carbocycles. The molecule has 6 rings (SSSR count). The van der Waals surface area contributed by atoms with E-state index in [2.05, 4.69) is 21.4 Å². The van der Waals surface area contributed by atoms with E-state index in [4.69, 9.17) is 10.5 Å². The van der Waals surface area contributed by atoms with Crippen LogP contribution in [0.5, 0.6) is 6.01 Å². The molecular weight excluding hydrogens is 665 g/mol. The van der Waals surface area contributed by atoms with Crippen LogP contribution in [0.2, 0.25) is 0 Å². The van der Waals surface area contributed by atoms with Gasteiger partial charge in [0.1, 0.15) is 34.8 Å². The van der Waals surface area contributed by atoms with Gasteiger partial charge in [-0.2, -0.15) is 28.4 Å². The van der Waals surface area contributed by atoms with Crippen LogP contribution in [0.25, 0.3) is 32.1 Å². The quantitative estimate of drug-likeness (QED) is 0.159. The number of hydrogen-bond acceptors (Lipinski definition) is 9. The zero-order valence-electron chi connectivity index (χ0n) is 27.1. The molecule has 2 N–H and O–H groups in total. The number of fused-ring (bicyclic) bond motifs is 2. The Morgan fingerprint density at radius 2 is 2.02 bits per heavy atom. The van der Waals surface area contributed by atoms with Crippen molar-refractivity contribution < 1.29 is 31.5 Å². The highest BCUT2D eigenvalue weighted by atomic mass is 32.1. The van der Waals surface area contributed by atoms with Crippen LogP contribution in [0, 0.1) is 23.0 Å². The number of rotatable bonds is 8. The van der Waals surface area contributed by atoms with E-state index in [1.807, 2.05) is 20.0 Å². The monoisotopic (exact) mass is 699 g/mol. The van der Waals surface area contributed by atoms with Crippen molar-refractivity contribution in [3.8, 4) is 23.2 Å². The topological polar surface area (TPSA) is 112 Å². The lowest BCUT2D eigenvalue weighted by molar-refractivity contribution is -0.137. The van der Waals surface area contributed by atoms with E-state index < -0.39 is 34.5 Å². The second-order valence-electron chi connectivity index (χ2n) is 12.3. The van der Waals surface area contributed by atoms with Crippen LogP contribution < -0.4 is 15.4 Å². The number of likely N-dealkylation sites (tertiary alicyclic amines) is 2. The molecule has 1 amide bonds. The van der Waals surface area contributed by atoms with Crippen molar-refractivity contribution >= 4 is 49.1 Å². The minimum absolute atomic E-state index is 0.0183. The fourth-order valence-electron chi connectivity index (χ4n) is 7.14. The molecule has 0 radical (unpaired) electrons. The molecule has 3 atom stereocenters. The molecule has 2 aliphatic heterocycles. The lowest BCUT2D eigenvalue weighted by atomic mass is 9.92. The maximum Gasteiger partial charge on any atom is 0.417 e. The largest absolute Gasteiger partial charge is 0.462 e. The molecule has 2 fully saturated rings. The number of nitrogen functional groups attached to an aromatic ring is 1. The van der Waals surface area contributed by atoms with Crippen LogP contribution in [0.3, 0.4) is 0 Å². The Morgan fingerprint density at radius 3 is 2.65 bits per heavy atom. The van der Waals surface area contributed by atoms with Gasteiger partial charge in [0, 0.05) is 41.5 Å². The van der Waals surface area contributed by atoms with Gasteiger partial charge in [-0.25, -0.2) is 8.78 Å². The number of ether oxygens (including phenoxy) is 1. The molecule has 9 nitrogen and oxygen atoms in total. The summed E-state index contributed by atoms with van der Waals surface area (Å²) in [6.45, 7) is 8.86. The summed E-state index contributed by atoms with van der Waals surface area (Å²) >= 11 is 0.696. The number of carbonyl (C=O) groups excluding carboxylic acids is 1. The Hall–Kier alpha value is -4.55. The van der Waals surface area contributed by atoms with Crippen LogP contribution >= 0.6 is 11.3 Å². The summed E-state index contributed by atoms with van der Waals surface area (Å²) in [5.41, 5.74) is 2.67. The van der Waals surface area contributed by atoms with E-state index in [0.717, 1.165) is 37.6 Å². The number of carbonyl (C=O) groups is 1. The summed E-state index contributed by atoms with van der Waals surface area (Å²) in [6.07, 6.45) is -1.61. The second kappa shape index (κ2) is 13.1. The predicted molar refractivity (Wildman–Crippen MR) is 178 cm³/mol. The Bertz CT molecular complexity index is 2010. The van der Waals surface area contributed by atoms with Crippen LogP contribution in [0.15, 0.2) is 30.9 Å². The molecule has 2 aliphatic rings. The number of aromatic nitrogens is 2. The van der Waals surface area contributed by atoms with Gasteiger partial charge < -0.3 is 25.2 Å². The van der Waals surface area contributed by atoms with Gasteiger partial charge in [0.2, 0.25) is 5.91 Å². The minimum atomic E-state index is -5.09. The molecule has 0 saturated carbocycles. The highest BCUT2D eigenvalue weighted by Crippen LogP contribution is 2.48. The lowest BCUT2D eigenvalue weighted by Gasteiger charge is -2.34. The molecule has 3 unspecified atom stereocenters. The average Bonchev–Trinajstić information content (AvgIpc) is 3.76. The Labute approximate surface area is 283 Å². The summed E-state index contributed by atoms with van der Waals surface area (Å²) in [6, 6.07) is 3.62. The maximum atomic E-state index is 17.1. The zero-order chi connectivity index (χ0) is 35.4. The summed E-state index contributed by atoms with van der Waals surface area (Å²) in [5, 5.41) is 9.28. The van der Waals surface area contributed by atoms with Gasteiger partial charge in [0.15, 0.2) is 5.82 Å². The van der Waals surface area contributed by atoms with Crippen LogP contribution in [-0.4, -0.2) is 77.1 Å². The Morgan fingerprint density at radius 1 is 1.27 bits per heavy atom. The predicted octanol–water partition coefficient (Wildman–Crippen LogP) is 6.74. The zero-order valence-corrected chi connectivity index (χ0v) is 27.9. The fraction of sp³-hybridized carbons (Fsp3) is 0.412. The summed E-state index contributed by atoms with van der Waals surface area (Å²) in [7, 11) is 1.95. The molecule has 4 aromatic rings. The number of hydrogen-bond donors (Lipinski definition) is 1. The first-order valence-corrected chi connectivity index (χ1v) is 16.7. The first-order valence-electron chi connectivity index (χ1n) is 15.9. The fourth-order valence-corrected chi connectivity index (χ4v) is 8.09. The Balaban J connectivity index is 1.62. The van der Waals surface area contributed by atoms with Gasteiger partial charge in [0.25, 0.3) is 0 Å². The molecule has 0 spiro atoms. The van der Waals surface area contributed by atoms with Crippen molar-refractivity contribution in [1.82, 2.24) is 19.8 Å². The molecule has 49 heavy (non-hydrogen) atoms. The second-order valence-corrected chi connectivity index (χ2v) is 13.3. The Kier molecular flexibility index (Phi) is 9.14. The summed E-state index contributed by atoms with van der Waals surface area (Å²) < 4.78 is 82.9. The molecule has 258 valence electrons. The number of benzene rings is 2.